The number of nitrogens with one attached hydrogen (secondary N) is 1. The number of nitrogens with zero attached hydrogens (tertiary/aromatic N) is 2. The van der Waals surface area contributed by atoms with Crippen molar-refractivity contribution >= 4 is 16.1 Å². The molecule has 1 aromatic carbocycles. The Morgan fingerprint density at radius 1 is 1.27 bits per heavy atom. The highest BCUT2D eigenvalue weighted by molar-refractivity contribution is 7.86. The van der Waals surface area contributed by atoms with Crippen LogP contribution in [0.1, 0.15) is 12.8 Å². The van der Waals surface area contributed by atoms with Crippen LogP contribution in [0.2, 0.25) is 0 Å². The topological polar surface area (TPSA) is 88.2 Å². The van der Waals surface area contributed by atoms with Gasteiger partial charge in [0.15, 0.2) is 0 Å². The minimum absolute atomic E-state index is 0.137. The molecule has 0 saturated carbocycles. The smallest absolute Gasteiger partial charge is 0.281 e. The molecule has 1 N–H and O–H groups in total. The van der Waals surface area contributed by atoms with Crippen molar-refractivity contribution in [2.24, 2.45) is 5.92 Å². The zero-order chi connectivity index (χ0) is 19.2. The van der Waals surface area contributed by atoms with E-state index < -0.39 is 10.2 Å². The Morgan fingerprint density at radius 2 is 1.92 bits per heavy atom. The van der Waals surface area contributed by atoms with Crippen LogP contribution in [-0.2, 0) is 15.0 Å². The number of amides is 1. The van der Waals surface area contributed by atoms with Crippen LogP contribution in [0, 0.1) is 5.92 Å². The van der Waals surface area contributed by atoms with Crippen LogP contribution in [0.5, 0.6) is 11.5 Å². The fraction of sp³-hybridized carbons (Fsp3) is 0.588. The fourth-order valence-electron chi connectivity index (χ4n) is 2.76. The van der Waals surface area contributed by atoms with Gasteiger partial charge in [-0.05, 0) is 37.1 Å². The standard InChI is InChI=1S/C17H27N3O5S/c1-19(2)26(22,23)20-11-4-5-14(13-20)17(21)18-10-12-25-16-8-6-15(24-3)7-9-16/h6-9,14H,4-5,10-13H2,1-3H3,(H,18,21)/t14-/m1/s1. The highest BCUT2D eigenvalue weighted by Gasteiger charge is 2.33. The lowest BCUT2D eigenvalue weighted by molar-refractivity contribution is -0.126. The lowest BCUT2D eigenvalue weighted by atomic mass is 9.99. The van der Waals surface area contributed by atoms with Crippen molar-refractivity contribution in [3.63, 3.8) is 0 Å². The van der Waals surface area contributed by atoms with E-state index >= 15 is 0 Å². The summed E-state index contributed by atoms with van der Waals surface area (Å²) in [6, 6.07) is 7.20. The van der Waals surface area contributed by atoms with E-state index in [4.69, 9.17) is 9.47 Å². The predicted octanol–water partition coefficient (Wildman–Crippen LogP) is 0.709. The number of hydrogen-bond donors (Lipinski definition) is 1. The van der Waals surface area contributed by atoms with E-state index in [0.29, 0.717) is 38.3 Å². The number of carbonyl (C=O) groups excluding carboxylic acids is 1. The largest absolute Gasteiger partial charge is 0.497 e. The minimum atomic E-state index is -3.48. The third-order valence-electron chi connectivity index (χ3n) is 4.27. The first kappa shape index (κ1) is 20.5. The average Bonchev–Trinajstić information content (AvgIpc) is 2.65. The van der Waals surface area contributed by atoms with Crippen LogP contribution in [-0.4, -0.2) is 70.4 Å². The number of carbonyl (C=O) groups is 1. The van der Waals surface area contributed by atoms with Gasteiger partial charge < -0.3 is 14.8 Å². The third kappa shape index (κ3) is 5.33. The maximum Gasteiger partial charge on any atom is 0.281 e. The van der Waals surface area contributed by atoms with E-state index in [0.717, 1.165) is 5.75 Å². The van der Waals surface area contributed by atoms with Crippen LogP contribution < -0.4 is 14.8 Å². The molecular weight excluding hydrogens is 358 g/mol. The first-order chi connectivity index (χ1) is 12.3. The van der Waals surface area contributed by atoms with E-state index in [2.05, 4.69) is 5.32 Å². The molecule has 0 aliphatic carbocycles. The molecular formula is C17H27N3O5S. The zero-order valence-corrected chi connectivity index (χ0v) is 16.3. The van der Waals surface area contributed by atoms with Gasteiger partial charge >= 0.3 is 0 Å². The number of benzene rings is 1. The van der Waals surface area contributed by atoms with Crippen molar-refractivity contribution in [1.29, 1.82) is 0 Å². The van der Waals surface area contributed by atoms with Crippen LogP contribution >= 0.6 is 0 Å². The molecule has 0 aromatic heterocycles. The quantitative estimate of drug-likeness (QED) is 0.666. The van der Waals surface area contributed by atoms with E-state index in [1.165, 1.54) is 22.7 Å². The number of methoxy groups -OCH3 is 1. The van der Waals surface area contributed by atoms with Gasteiger partial charge in [0.1, 0.15) is 18.1 Å². The minimum Gasteiger partial charge on any atom is -0.497 e. The van der Waals surface area contributed by atoms with E-state index in [9.17, 15) is 13.2 Å². The first-order valence-electron chi connectivity index (χ1n) is 8.56. The molecule has 1 atom stereocenters. The van der Waals surface area contributed by atoms with Gasteiger partial charge in [-0.25, -0.2) is 0 Å². The van der Waals surface area contributed by atoms with Gasteiger partial charge in [-0.15, -0.1) is 0 Å². The number of rotatable bonds is 8. The molecule has 0 bridgehead atoms. The highest BCUT2D eigenvalue weighted by Crippen LogP contribution is 2.20. The molecule has 9 heteroatoms. The van der Waals surface area contributed by atoms with Crippen molar-refractivity contribution in [2.45, 2.75) is 12.8 Å². The summed E-state index contributed by atoms with van der Waals surface area (Å²) in [6.45, 7) is 1.36. The Hall–Kier alpha value is -1.84. The molecule has 1 fully saturated rings. The number of ether oxygens (including phenoxy) is 2. The van der Waals surface area contributed by atoms with Gasteiger partial charge in [0.25, 0.3) is 10.2 Å². The van der Waals surface area contributed by atoms with E-state index in [1.54, 1.807) is 31.4 Å². The Morgan fingerprint density at radius 3 is 2.54 bits per heavy atom. The van der Waals surface area contributed by atoms with Crippen LogP contribution in [0.25, 0.3) is 0 Å². The summed E-state index contributed by atoms with van der Waals surface area (Å²) < 4.78 is 37.6. The van der Waals surface area contributed by atoms with Crippen molar-refractivity contribution in [3.8, 4) is 11.5 Å². The van der Waals surface area contributed by atoms with Gasteiger partial charge in [-0.2, -0.15) is 17.0 Å². The van der Waals surface area contributed by atoms with E-state index in [1.807, 2.05) is 0 Å². The van der Waals surface area contributed by atoms with Crippen LogP contribution in [0.4, 0.5) is 0 Å². The third-order valence-corrected chi connectivity index (χ3v) is 6.18. The normalized spacial score (nSPS) is 18.5. The lowest BCUT2D eigenvalue weighted by Crippen LogP contribution is -2.49. The summed E-state index contributed by atoms with van der Waals surface area (Å²) >= 11 is 0. The molecule has 1 saturated heterocycles. The van der Waals surface area contributed by atoms with Gasteiger partial charge in [-0.1, -0.05) is 0 Å². The molecule has 0 radical (unpaired) electrons. The summed E-state index contributed by atoms with van der Waals surface area (Å²) in [6.07, 6.45) is 1.36. The van der Waals surface area contributed by atoms with Crippen molar-refractivity contribution in [2.75, 3.05) is 47.4 Å². The number of hydrogen-bond acceptors (Lipinski definition) is 5. The lowest BCUT2D eigenvalue weighted by Gasteiger charge is -2.32. The Kier molecular flexibility index (Phi) is 7.24. The van der Waals surface area contributed by atoms with Crippen LogP contribution in [0.3, 0.4) is 0 Å². The second-order valence-electron chi connectivity index (χ2n) is 6.30. The molecule has 26 heavy (non-hydrogen) atoms. The predicted molar refractivity (Wildman–Crippen MR) is 98.4 cm³/mol. The Bertz CT molecular complexity index is 691. The second kappa shape index (κ2) is 9.20. The average molecular weight is 385 g/mol. The second-order valence-corrected chi connectivity index (χ2v) is 8.44. The highest BCUT2D eigenvalue weighted by atomic mass is 32.2. The molecule has 8 nitrogen and oxygen atoms in total. The molecule has 0 spiro atoms. The first-order valence-corrected chi connectivity index (χ1v) is 9.96. The molecule has 2 rings (SSSR count). The Labute approximate surface area is 155 Å². The summed E-state index contributed by atoms with van der Waals surface area (Å²) in [5, 5.41) is 2.82. The van der Waals surface area contributed by atoms with Gasteiger partial charge in [0, 0.05) is 27.2 Å². The summed E-state index contributed by atoms with van der Waals surface area (Å²) in [5.74, 6) is 0.975. The molecule has 1 heterocycles. The maximum absolute atomic E-state index is 12.3. The summed E-state index contributed by atoms with van der Waals surface area (Å²) in [7, 11) is 1.11. The maximum atomic E-state index is 12.3. The van der Waals surface area contributed by atoms with Crippen molar-refractivity contribution in [1.82, 2.24) is 13.9 Å². The molecule has 1 amide bonds. The summed E-state index contributed by atoms with van der Waals surface area (Å²) in [4.78, 5) is 12.3. The van der Waals surface area contributed by atoms with Gasteiger partial charge in [-0.3, -0.25) is 4.79 Å². The molecule has 1 aliphatic heterocycles. The van der Waals surface area contributed by atoms with Crippen molar-refractivity contribution < 1.29 is 22.7 Å². The zero-order valence-electron chi connectivity index (χ0n) is 15.5. The Balaban J connectivity index is 1.76. The summed E-state index contributed by atoms with van der Waals surface area (Å²) in [5.41, 5.74) is 0. The molecule has 1 aliphatic rings. The number of piperidine rings is 1. The van der Waals surface area contributed by atoms with Gasteiger partial charge in [0.05, 0.1) is 19.6 Å². The fourth-order valence-corrected chi connectivity index (χ4v) is 3.95. The molecule has 0 unspecified atom stereocenters. The van der Waals surface area contributed by atoms with Crippen LogP contribution in [0.15, 0.2) is 24.3 Å². The van der Waals surface area contributed by atoms with E-state index in [-0.39, 0.29) is 18.4 Å². The SMILES string of the molecule is COc1ccc(OCCNC(=O)[C@@H]2CCCN(S(=O)(=O)N(C)C)C2)cc1. The van der Waals surface area contributed by atoms with Gasteiger partial charge in [0.2, 0.25) is 5.91 Å². The van der Waals surface area contributed by atoms with Crippen molar-refractivity contribution in [3.05, 3.63) is 24.3 Å². The monoisotopic (exact) mass is 385 g/mol. The molecule has 1 aromatic rings. The molecule has 146 valence electrons.